The molecule has 0 atom stereocenters. The molecule has 0 unspecified atom stereocenters. The third-order valence-corrected chi connectivity index (χ3v) is 3.06. The average molecular weight is 321 g/mol. The minimum atomic E-state index is -0.447. The number of halogens is 1. The third kappa shape index (κ3) is 4.55. The Morgan fingerprint density at radius 3 is 2.50 bits per heavy atom. The first-order valence-corrected chi connectivity index (χ1v) is 7.16. The monoisotopic (exact) mass is 321 g/mol. The Labute approximate surface area is 139 Å². The van der Waals surface area contributed by atoms with E-state index in [1.54, 1.807) is 6.07 Å². The van der Waals surface area contributed by atoms with Gasteiger partial charge in [-0.1, -0.05) is 42.2 Å². The maximum atomic E-state index is 13.4. The van der Waals surface area contributed by atoms with Crippen LogP contribution in [0.15, 0.2) is 60.2 Å². The van der Waals surface area contributed by atoms with Crippen LogP contribution in [-0.2, 0) is 4.79 Å². The van der Waals surface area contributed by atoms with E-state index in [4.69, 9.17) is 11.1 Å². The molecule has 5 heteroatoms. The number of hydrogen-bond acceptors (Lipinski definition) is 3. The molecule has 0 spiro atoms. The summed E-state index contributed by atoms with van der Waals surface area (Å²) in [5, 5.41) is 10.4. The molecular weight excluding hydrogens is 305 g/mol. The summed E-state index contributed by atoms with van der Waals surface area (Å²) in [4.78, 5) is 11.2. The van der Waals surface area contributed by atoms with Gasteiger partial charge in [0, 0.05) is 18.1 Å². The second kappa shape index (κ2) is 7.75. The van der Waals surface area contributed by atoms with Crippen molar-refractivity contribution in [3.05, 3.63) is 77.1 Å². The van der Waals surface area contributed by atoms with Gasteiger partial charge in [0.05, 0.1) is 11.3 Å². The highest BCUT2D eigenvalue weighted by atomic mass is 19.1. The second-order valence-electron chi connectivity index (χ2n) is 4.97. The summed E-state index contributed by atoms with van der Waals surface area (Å²) in [5.74, 6) is 4.60. The van der Waals surface area contributed by atoms with E-state index in [1.807, 2.05) is 30.3 Å². The maximum Gasteiger partial charge on any atom is 0.222 e. The molecule has 2 aromatic rings. The predicted molar refractivity (Wildman–Crippen MR) is 92.4 cm³/mol. The molecule has 1 amide bonds. The number of benzene rings is 2. The predicted octanol–water partition coefficient (Wildman–Crippen LogP) is 2.66. The number of carbonyl (C=O) groups is 1. The van der Waals surface area contributed by atoms with Gasteiger partial charge < -0.3 is 11.1 Å². The molecule has 4 N–H and O–H groups in total. The molecule has 0 heterocycles. The summed E-state index contributed by atoms with van der Waals surface area (Å²) in [7, 11) is 0. The minimum Gasteiger partial charge on any atom is -0.397 e. The topological polar surface area (TPSA) is 79.0 Å². The second-order valence-corrected chi connectivity index (χ2v) is 4.97. The van der Waals surface area contributed by atoms with Gasteiger partial charge in [0.25, 0.3) is 0 Å². The first-order chi connectivity index (χ1) is 11.5. The van der Waals surface area contributed by atoms with Crippen molar-refractivity contribution < 1.29 is 9.18 Å². The zero-order chi connectivity index (χ0) is 17.5. The minimum absolute atomic E-state index is 0.122. The molecule has 0 saturated heterocycles. The molecular formula is C19H16FN3O. The van der Waals surface area contributed by atoms with Crippen LogP contribution < -0.4 is 11.1 Å². The van der Waals surface area contributed by atoms with Crippen molar-refractivity contribution in [3.8, 4) is 11.8 Å². The quantitative estimate of drug-likeness (QED) is 0.452. The van der Waals surface area contributed by atoms with Crippen LogP contribution in [0.1, 0.15) is 18.1 Å². The lowest BCUT2D eigenvalue weighted by Crippen LogP contribution is -2.29. The summed E-state index contributed by atoms with van der Waals surface area (Å²) in [6.45, 7) is 1.29. The Morgan fingerprint density at radius 1 is 1.17 bits per heavy atom. The third-order valence-electron chi connectivity index (χ3n) is 3.06. The summed E-state index contributed by atoms with van der Waals surface area (Å²) in [6.07, 6.45) is 0. The highest BCUT2D eigenvalue weighted by Gasteiger charge is 2.11. The maximum absolute atomic E-state index is 13.4. The van der Waals surface area contributed by atoms with Gasteiger partial charge in [-0.2, -0.15) is 0 Å². The van der Waals surface area contributed by atoms with Gasteiger partial charge >= 0.3 is 0 Å². The summed E-state index contributed by atoms with van der Waals surface area (Å²) >= 11 is 0. The molecule has 120 valence electrons. The molecule has 4 nitrogen and oxygen atoms in total. The molecule has 0 aliphatic heterocycles. The lowest BCUT2D eigenvalue weighted by atomic mass is 10.1. The van der Waals surface area contributed by atoms with E-state index in [0.717, 1.165) is 5.56 Å². The van der Waals surface area contributed by atoms with E-state index in [1.165, 1.54) is 25.1 Å². The zero-order valence-electron chi connectivity index (χ0n) is 13.1. The van der Waals surface area contributed by atoms with Gasteiger partial charge in [-0.15, -0.1) is 0 Å². The molecule has 2 aromatic carbocycles. The SMILES string of the molecule is CC(=O)NC(=N)C(C#Cc1ccccc1)=C(N)c1cccc(F)c1. The fourth-order valence-electron chi connectivity index (χ4n) is 1.96. The Bertz CT molecular complexity index is 861. The van der Waals surface area contributed by atoms with Crippen LogP contribution in [0.4, 0.5) is 4.39 Å². The number of carbonyl (C=O) groups excluding carboxylic acids is 1. The van der Waals surface area contributed by atoms with Crippen LogP contribution in [-0.4, -0.2) is 11.7 Å². The standard InChI is InChI=1S/C19H16FN3O/c1-13(24)23-19(22)17(11-10-14-6-3-2-4-7-14)18(21)15-8-5-9-16(20)12-15/h2-9,12H,21H2,1H3,(H2,22,23,24). The molecule has 0 fully saturated rings. The molecule has 0 aliphatic rings. The van der Waals surface area contributed by atoms with Gasteiger partial charge in [0.1, 0.15) is 11.7 Å². The Hall–Kier alpha value is -3.39. The van der Waals surface area contributed by atoms with Gasteiger partial charge in [0.2, 0.25) is 5.91 Å². The number of rotatable bonds is 2. The van der Waals surface area contributed by atoms with Crippen LogP contribution in [0.2, 0.25) is 0 Å². The highest BCUT2D eigenvalue weighted by molar-refractivity contribution is 6.12. The van der Waals surface area contributed by atoms with Crippen molar-refractivity contribution in [1.82, 2.24) is 5.32 Å². The van der Waals surface area contributed by atoms with Crippen molar-refractivity contribution >= 4 is 17.4 Å². The first kappa shape index (κ1) is 17.0. The van der Waals surface area contributed by atoms with Gasteiger partial charge in [0.15, 0.2) is 0 Å². The van der Waals surface area contributed by atoms with Crippen LogP contribution in [0.25, 0.3) is 5.70 Å². The smallest absolute Gasteiger partial charge is 0.222 e. The molecule has 24 heavy (non-hydrogen) atoms. The highest BCUT2D eigenvalue weighted by Crippen LogP contribution is 2.15. The van der Waals surface area contributed by atoms with Crippen LogP contribution in [0.5, 0.6) is 0 Å². The summed E-state index contributed by atoms with van der Waals surface area (Å²) < 4.78 is 13.4. The molecule has 0 aliphatic carbocycles. The molecule has 2 rings (SSSR count). The van der Waals surface area contributed by atoms with Crippen LogP contribution in [0.3, 0.4) is 0 Å². The zero-order valence-corrected chi connectivity index (χ0v) is 13.1. The number of amides is 1. The van der Waals surface area contributed by atoms with E-state index < -0.39 is 11.7 Å². The largest absolute Gasteiger partial charge is 0.397 e. The Balaban J connectivity index is 2.50. The fraction of sp³-hybridized carbons (Fsp3) is 0.0526. The van der Waals surface area contributed by atoms with Crippen LogP contribution >= 0.6 is 0 Å². The number of amidine groups is 1. The number of hydrogen-bond donors (Lipinski definition) is 3. The van der Waals surface area contributed by atoms with E-state index in [-0.39, 0.29) is 17.1 Å². The molecule has 0 radical (unpaired) electrons. The van der Waals surface area contributed by atoms with E-state index in [0.29, 0.717) is 5.56 Å². The van der Waals surface area contributed by atoms with E-state index in [2.05, 4.69) is 17.2 Å². The lowest BCUT2D eigenvalue weighted by molar-refractivity contribution is -0.117. The van der Waals surface area contributed by atoms with Gasteiger partial charge in [-0.25, -0.2) is 4.39 Å². The molecule has 0 bridgehead atoms. The van der Waals surface area contributed by atoms with Crippen LogP contribution in [0, 0.1) is 23.1 Å². The Morgan fingerprint density at radius 2 is 1.88 bits per heavy atom. The van der Waals surface area contributed by atoms with E-state index in [9.17, 15) is 9.18 Å². The van der Waals surface area contributed by atoms with Crippen molar-refractivity contribution in [2.45, 2.75) is 6.92 Å². The van der Waals surface area contributed by atoms with Gasteiger partial charge in [-0.05, 0) is 24.3 Å². The van der Waals surface area contributed by atoms with E-state index >= 15 is 0 Å². The summed E-state index contributed by atoms with van der Waals surface area (Å²) in [5.41, 5.74) is 7.44. The first-order valence-electron chi connectivity index (χ1n) is 7.16. The van der Waals surface area contributed by atoms with Crippen molar-refractivity contribution in [2.24, 2.45) is 5.73 Å². The molecule has 0 aromatic heterocycles. The lowest BCUT2D eigenvalue weighted by Gasteiger charge is -2.09. The Kier molecular flexibility index (Phi) is 5.48. The summed E-state index contributed by atoms with van der Waals surface area (Å²) in [6, 6.07) is 14.8. The fourth-order valence-corrected chi connectivity index (χ4v) is 1.96. The number of nitrogens with one attached hydrogen (secondary N) is 2. The van der Waals surface area contributed by atoms with Crippen molar-refractivity contribution in [3.63, 3.8) is 0 Å². The average Bonchev–Trinajstić information content (AvgIpc) is 2.55. The molecule has 0 saturated carbocycles. The van der Waals surface area contributed by atoms with Crippen molar-refractivity contribution in [2.75, 3.05) is 0 Å². The number of nitrogens with two attached hydrogens (primary N) is 1. The van der Waals surface area contributed by atoms with Gasteiger partial charge in [-0.3, -0.25) is 10.2 Å². The normalized spacial score (nSPS) is 10.9. The van der Waals surface area contributed by atoms with Crippen molar-refractivity contribution in [1.29, 1.82) is 5.41 Å².